The molecular formula is C27H30FN7O2. The van der Waals surface area contributed by atoms with E-state index in [1.807, 2.05) is 42.2 Å². The van der Waals surface area contributed by atoms with Crippen molar-refractivity contribution in [2.45, 2.75) is 44.2 Å². The van der Waals surface area contributed by atoms with Crippen LogP contribution in [0.15, 0.2) is 54.9 Å². The number of alkyl halides is 1. The molecule has 1 saturated carbocycles. The van der Waals surface area contributed by atoms with Crippen LogP contribution in [0.1, 0.15) is 49.3 Å². The van der Waals surface area contributed by atoms with Crippen molar-refractivity contribution < 1.29 is 14.0 Å². The number of aromatic amines is 1. The smallest absolute Gasteiger partial charge is 0.249 e. The van der Waals surface area contributed by atoms with E-state index in [0.717, 1.165) is 29.7 Å². The van der Waals surface area contributed by atoms with Crippen molar-refractivity contribution >= 4 is 23.5 Å². The van der Waals surface area contributed by atoms with Gasteiger partial charge in [0, 0.05) is 49.0 Å². The summed E-state index contributed by atoms with van der Waals surface area (Å²) in [4.78, 5) is 35.8. The van der Waals surface area contributed by atoms with Crippen LogP contribution in [0.5, 0.6) is 0 Å². The van der Waals surface area contributed by atoms with Gasteiger partial charge in [-0.05, 0) is 37.8 Å². The quantitative estimate of drug-likeness (QED) is 0.380. The van der Waals surface area contributed by atoms with Crippen LogP contribution >= 0.6 is 0 Å². The standard InChI is InChI=1S/C27H30FN7O2/c1-17(27(37)32-24-13-22(33-34-24)18-7-8-18)19-4-2-5-20(12-19)23-14-29-15-25(30-23)31-26(36)6-3-10-35-11-9-21(28)16-35/h2-6,12-15,17-18,21H,7-11,16H2,1H3,(H,30,31,36)(H2,32,33,34,37)/b6-3+/t17-,21-/m0/s1. The number of halogens is 1. The molecule has 0 bridgehead atoms. The highest BCUT2D eigenvalue weighted by Crippen LogP contribution is 2.39. The van der Waals surface area contributed by atoms with Crippen LogP contribution in [0.25, 0.3) is 11.3 Å². The summed E-state index contributed by atoms with van der Waals surface area (Å²) in [5.74, 6) is 0.491. The molecule has 1 saturated heterocycles. The molecule has 1 aliphatic heterocycles. The van der Waals surface area contributed by atoms with Gasteiger partial charge in [0.15, 0.2) is 11.6 Å². The monoisotopic (exact) mass is 503 g/mol. The Morgan fingerprint density at radius 2 is 2.05 bits per heavy atom. The van der Waals surface area contributed by atoms with E-state index in [-0.39, 0.29) is 11.8 Å². The summed E-state index contributed by atoms with van der Waals surface area (Å²) in [6, 6.07) is 9.43. The fraction of sp³-hybridized carbons (Fsp3) is 0.370. The molecule has 3 N–H and O–H groups in total. The van der Waals surface area contributed by atoms with Crippen molar-refractivity contribution in [1.29, 1.82) is 0 Å². The number of amides is 2. The number of carbonyl (C=O) groups excluding carboxylic acids is 2. The van der Waals surface area contributed by atoms with Gasteiger partial charge in [-0.15, -0.1) is 0 Å². The van der Waals surface area contributed by atoms with Crippen molar-refractivity contribution in [2.24, 2.45) is 0 Å². The fourth-order valence-electron chi connectivity index (χ4n) is 4.35. The first-order valence-electron chi connectivity index (χ1n) is 12.6. The third-order valence-corrected chi connectivity index (χ3v) is 6.68. The lowest BCUT2D eigenvalue weighted by molar-refractivity contribution is -0.117. The molecular weight excluding hydrogens is 473 g/mol. The summed E-state index contributed by atoms with van der Waals surface area (Å²) in [7, 11) is 0. The fourth-order valence-corrected chi connectivity index (χ4v) is 4.35. The third kappa shape index (κ3) is 6.45. The molecule has 2 aromatic heterocycles. The van der Waals surface area contributed by atoms with Crippen LogP contribution in [0.2, 0.25) is 0 Å². The predicted octanol–water partition coefficient (Wildman–Crippen LogP) is 4.02. The molecule has 3 heterocycles. The van der Waals surface area contributed by atoms with Gasteiger partial charge in [0.25, 0.3) is 0 Å². The Morgan fingerprint density at radius 1 is 1.19 bits per heavy atom. The van der Waals surface area contributed by atoms with Gasteiger partial charge in [-0.1, -0.05) is 24.3 Å². The average Bonchev–Trinajstić information content (AvgIpc) is 3.51. The first-order valence-corrected chi connectivity index (χ1v) is 12.6. The van der Waals surface area contributed by atoms with Crippen molar-refractivity contribution in [1.82, 2.24) is 25.1 Å². The summed E-state index contributed by atoms with van der Waals surface area (Å²) in [5.41, 5.74) is 3.24. The van der Waals surface area contributed by atoms with Gasteiger partial charge in [-0.2, -0.15) is 5.10 Å². The maximum absolute atomic E-state index is 13.3. The molecule has 1 aromatic carbocycles. The zero-order valence-electron chi connectivity index (χ0n) is 20.7. The van der Waals surface area contributed by atoms with E-state index >= 15 is 0 Å². The molecule has 9 nitrogen and oxygen atoms in total. The summed E-state index contributed by atoms with van der Waals surface area (Å²) < 4.78 is 13.3. The van der Waals surface area contributed by atoms with Gasteiger partial charge in [-0.3, -0.25) is 24.6 Å². The number of hydrogen-bond donors (Lipinski definition) is 3. The van der Waals surface area contributed by atoms with E-state index in [0.29, 0.717) is 49.3 Å². The molecule has 2 aliphatic rings. The number of hydrogen-bond acceptors (Lipinski definition) is 6. The van der Waals surface area contributed by atoms with Gasteiger partial charge in [0.1, 0.15) is 6.17 Å². The van der Waals surface area contributed by atoms with E-state index in [2.05, 4.69) is 30.8 Å². The molecule has 2 fully saturated rings. The summed E-state index contributed by atoms with van der Waals surface area (Å²) in [6.07, 6.45) is 8.30. The van der Waals surface area contributed by atoms with Crippen molar-refractivity contribution in [3.8, 4) is 11.3 Å². The summed E-state index contributed by atoms with van der Waals surface area (Å²) in [5, 5.41) is 12.8. The normalized spacial score (nSPS) is 18.7. The Balaban J connectivity index is 1.20. The number of carbonyl (C=O) groups is 2. The Hall–Kier alpha value is -3.92. The maximum Gasteiger partial charge on any atom is 0.249 e. The van der Waals surface area contributed by atoms with Crippen molar-refractivity contribution in [2.75, 3.05) is 30.3 Å². The third-order valence-electron chi connectivity index (χ3n) is 6.68. The largest absolute Gasteiger partial charge is 0.309 e. The molecule has 10 heteroatoms. The molecule has 1 aliphatic carbocycles. The second-order valence-corrected chi connectivity index (χ2v) is 9.65. The molecule has 192 valence electrons. The van der Waals surface area contributed by atoms with Crippen LogP contribution in [0.3, 0.4) is 0 Å². The lowest BCUT2D eigenvalue weighted by Gasteiger charge is -2.13. The van der Waals surface area contributed by atoms with E-state index in [1.165, 1.54) is 12.3 Å². The summed E-state index contributed by atoms with van der Waals surface area (Å²) in [6.45, 7) is 3.47. The lowest BCUT2D eigenvalue weighted by Crippen LogP contribution is -2.21. The Kier molecular flexibility index (Phi) is 7.36. The van der Waals surface area contributed by atoms with Gasteiger partial charge >= 0.3 is 0 Å². The van der Waals surface area contributed by atoms with Crippen molar-refractivity contribution in [3.05, 3.63) is 66.1 Å². The average molecular weight is 504 g/mol. The van der Waals surface area contributed by atoms with Crippen LogP contribution in [0.4, 0.5) is 16.0 Å². The molecule has 2 atom stereocenters. The number of benzene rings is 1. The van der Waals surface area contributed by atoms with Crippen LogP contribution in [0, 0.1) is 0 Å². The molecule has 0 radical (unpaired) electrons. The minimum absolute atomic E-state index is 0.152. The molecule has 0 unspecified atom stereocenters. The minimum atomic E-state index is -0.785. The van der Waals surface area contributed by atoms with Crippen LogP contribution < -0.4 is 10.6 Å². The first kappa shape index (κ1) is 24.8. The van der Waals surface area contributed by atoms with E-state index < -0.39 is 12.1 Å². The Morgan fingerprint density at radius 3 is 2.84 bits per heavy atom. The highest BCUT2D eigenvalue weighted by atomic mass is 19.1. The number of aromatic nitrogens is 4. The minimum Gasteiger partial charge on any atom is -0.309 e. The Bertz CT molecular complexity index is 1300. The van der Waals surface area contributed by atoms with E-state index in [1.54, 1.807) is 12.3 Å². The van der Waals surface area contributed by atoms with E-state index in [9.17, 15) is 14.0 Å². The molecule has 3 aromatic rings. The topological polar surface area (TPSA) is 116 Å². The molecule has 0 spiro atoms. The summed E-state index contributed by atoms with van der Waals surface area (Å²) >= 11 is 0. The van der Waals surface area contributed by atoms with Crippen LogP contribution in [-0.4, -0.2) is 62.7 Å². The predicted molar refractivity (Wildman–Crippen MR) is 139 cm³/mol. The number of rotatable bonds is 9. The zero-order valence-corrected chi connectivity index (χ0v) is 20.7. The van der Waals surface area contributed by atoms with Crippen LogP contribution in [-0.2, 0) is 9.59 Å². The highest BCUT2D eigenvalue weighted by molar-refractivity contribution is 5.98. The Labute approximate surface area is 214 Å². The lowest BCUT2D eigenvalue weighted by atomic mass is 9.97. The second kappa shape index (κ2) is 11.0. The van der Waals surface area contributed by atoms with Gasteiger partial charge in [-0.25, -0.2) is 9.37 Å². The van der Waals surface area contributed by atoms with Crippen molar-refractivity contribution in [3.63, 3.8) is 0 Å². The number of nitrogens with zero attached hydrogens (tertiary/aromatic N) is 4. The number of anilines is 2. The highest BCUT2D eigenvalue weighted by Gasteiger charge is 2.26. The van der Waals surface area contributed by atoms with Gasteiger partial charge in [0.2, 0.25) is 11.8 Å². The first-order chi connectivity index (χ1) is 17.9. The number of H-pyrrole nitrogens is 1. The number of nitrogens with one attached hydrogen (secondary N) is 3. The SMILES string of the molecule is C[C@H](C(=O)Nc1cc(C2CC2)[nH]n1)c1cccc(-c2cncc(NC(=O)/C=C/CN3CC[C@H](F)C3)n2)c1. The second-order valence-electron chi connectivity index (χ2n) is 9.65. The van der Waals surface area contributed by atoms with Gasteiger partial charge in [0.05, 0.1) is 24.0 Å². The molecule has 5 rings (SSSR count). The zero-order chi connectivity index (χ0) is 25.8. The molecule has 37 heavy (non-hydrogen) atoms. The van der Waals surface area contributed by atoms with E-state index in [4.69, 9.17) is 0 Å². The maximum atomic E-state index is 13.3. The van der Waals surface area contributed by atoms with Gasteiger partial charge < -0.3 is 10.6 Å². The number of likely N-dealkylation sites (tertiary alicyclic amines) is 1. The molecule has 2 amide bonds.